The summed E-state index contributed by atoms with van der Waals surface area (Å²) in [5.74, 6) is -1.52. The van der Waals surface area contributed by atoms with Gasteiger partial charge in [-0.05, 0) is 29.8 Å². The smallest absolute Gasteiger partial charge is 0.338 e. The highest BCUT2D eigenvalue weighted by molar-refractivity contribution is 6.31. The van der Waals surface area contributed by atoms with Crippen LogP contribution in [0.25, 0.3) is 0 Å². The summed E-state index contributed by atoms with van der Waals surface area (Å²) in [4.78, 5) is 23.3. The van der Waals surface area contributed by atoms with E-state index < -0.39 is 11.9 Å². The second-order valence-corrected chi connectivity index (χ2v) is 5.33. The number of carbonyl (C=O) groups is 2. The van der Waals surface area contributed by atoms with E-state index in [1.165, 1.54) is 24.3 Å². The summed E-state index contributed by atoms with van der Waals surface area (Å²) in [5.41, 5.74) is 1.57. The van der Waals surface area contributed by atoms with Crippen molar-refractivity contribution in [3.05, 3.63) is 76.8 Å². The van der Waals surface area contributed by atoms with Gasteiger partial charge >= 0.3 is 11.9 Å². The number of hydrogen-bond donors (Lipinski definition) is 2. The largest absolute Gasteiger partial charge is 0.478 e. The van der Waals surface area contributed by atoms with Crippen LogP contribution < -0.4 is 5.32 Å². The summed E-state index contributed by atoms with van der Waals surface area (Å²) in [5, 5.41) is 12.7. The first-order valence-electron chi connectivity index (χ1n) is 7.15. The maximum atomic E-state index is 12.1. The van der Waals surface area contributed by atoms with Crippen molar-refractivity contribution in [3.8, 4) is 0 Å². The van der Waals surface area contributed by atoms with Gasteiger partial charge in [-0.3, -0.25) is 0 Å². The van der Waals surface area contributed by atoms with E-state index in [0.29, 0.717) is 21.8 Å². The van der Waals surface area contributed by atoms with Gasteiger partial charge in [0.05, 0.1) is 16.8 Å². The molecule has 2 aromatic rings. The Bertz CT molecular complexity index is 773. The molecule has 0 aliphatic rings. The maximum Gasteiger partial charge on any atom is 0.338 e. The molecule has 0 atom stereocenters. The molecule has 0 fully saturated rings. The molecule has 24 heavy (non-hydrogen) atoms. The lowest BCUT2D eigenvalue weighted by Gasteiger charge is -2.13. The van der Waals surface area contributed by atoms with Gasteiger partial charge in [-0.25, -0.2) is 9.59 Å². The van der Waals surface area contributed by atoms with Crippen LogP contribution in [0.3, 0.4) is 0 Å². The van der Waals surface area contributed by atoms with E-state index in [0.717, 1.165) is 0 Å². The van der Waals surface area contributed by atoms with Crippen molar-refractivity contribution in [2.24, 2.45) is 0 Å². The van der Waals surface area contributed by atoms with Crippen LogP contribution in [-0.4, -0.2) is 23.7 Å². The lowest BCUT2D eigenvalue weighted by atomic mass is 10.1. The number of hydrogen-bond acceptors (Lipinski definition) is 4. The molecule has 0 spiro atoms. The van der Waals surface area contributed by atoms with Gasteiger partial charge in [0.25, 0.3) is 0 Å². The van der Waals surface area contributed by atoms with Crippen LogP contribution in [0.2, 0.25) is 5.02 Å². The molecule has 124 valence electrons. The van der Waals surface area contributed by atoms with Crippen molar-refractivity contribution in [1.82, 2.24) is 0 Å². The lowest BCUT2D eigenvalue weighted by molar-refractivity contribution is 0.0548. The van der Waals surface area contributed by atoms with Gasteiger partial charge in [0.15, 0.2) is 0 Å². The highest BCUT2D eigenvalue weighted by Crippen LogP contribution is 2.22. The van der Waals surface area contributed by atoms with Gasteiger partial charge in [-0.2, -0.15) is 0 Å². The minimum atomic E-state index is -1.06. The topological polar surface area (TPSA) is 75.6 Å². The van der Waals surface area contributed by atoms with E-state index in [-0.39, 0.29) is 18.7 Å². The number of aromatic carboxylic acids is 1. The van der Waals surface area contributed by atoms with Gasteiger partial charge in [0.1, 0.15) is 6.61 Å². The van der Waals surface area contributed by atoms with Gasteiger partial charge < -0.3 is 15.2 Å². The fourth-order valence-electron chi connectivity index (χ4n) is 2.13. The van der Waals surface area contributed by atoms with Crippen molar-refractivity contribution in [3.63, 3.8) is 0 Å². The van der Waals surface area contributed by atoms with Crippen LogP contribution in [0.5, 0.6) is 0 Å². The highest BCUT2D eigenvalue weighted by Gasteiger charge is 2.14. The first-order valence-corrected chi connectivity index (χ1v) is 7.53. The number of benzene rings is 2. The Kier molecular flexibility index (Phi) is 5.98. The summed E-state index contributed by atoms with van der Waals surface area (Å²) in [6.07, 6.45) is 1.49. The molecule has 2 aromatic carbocycles. The first-order chi connectivity index (χ1) is 11.5. The zero-order valence-electron chi connectivity index (χ0n) is 12.8. The van der Waals surface area contributed by atoms with E-state index in [9.17, 15) is 14.7 Å². The van der Waals surface area contributed by atoms with Crippen molar-refractivity contribution in [2.75, 3.05) is 11.9 Å². The van der Waals surface area contributed by atoms with E-state index in [4.69, 9.17) is 16.3 Å². The Hall–Kier alpha value is -2.79. The first kappa shape index (κ1) is 17.6. The number of nitrogens with one attached hydrogen (secondary N) is 1. The molecule has 2 rings (SSSR count). The van der Waals surface area contributed by atoms with E-state index >= 15 is 0 Å². The molecule has 6 heteroatoms. The molecular weight excluding hydrogens is 330 g/mol. The van der Waals surface area contributed by atoms with Gasteiger partial charge in [-0.15, -0.1) is 0 Å². The molecule has 0 amide bonds. The van der Waals surface area contributed by atoms with Gasteiger partial charge in [0.2, 0.25) is 0 Å². The number of ether oxygens (including phenoxy) is 1. The van der Waals surface area contributed by atoms with Crippen LogP contribution >= 0.6 is 11.6 Å². The van der Waals surface area contributed by atoms with E-state index in [1.54, 1.807) is 24.3 Å². The Morgan fingerprint density at radius 3 is 2.67 bits per heavy atom. The Labute approximate surface area is 144 Å². The van der Waals surface area contributed by atoms with Crippen LogP contribution in [0.1, 0.15) is 26.3 Å². The van der Waals surface area contributed by atoms with Gasteiger partial charge in [0, 0.05) is 11.6 Å². The summed E-state index contributed by atoms with van der Waals surface area (Å²) >= 11 is 5.93. The number of carbonyl (C=O) groups excluding carboxylic acids is 1. The summed E-state index contributed by atoms with van der Waals surface area (Å²) < 4.78 is 5.05. The summed E-state index contributed by atoms with van der Waals surface area (Å²) in [7, 11) is 0. The Morgan fingerprint density at radius 2 is 1.96 bits per heavy atom. The van der Waals surface area contributed by atoms with Crippen LogP contribution in [-0.2, 0) is 11.3 Å². The molecule has 0 radical (unpaired) electrons. The summed E-state index contributed by atoms with van der Waals surface area (Å²) in [6.45, 7) is 3.87. The van der Waals surface area contributed by atoms with Crippen LogP contribution in [0, 0.1) is 0 Å². The summed E-state index contributed by atoms with van der Waals surface area (Å²) in [6, 6.07) is 11.4. The number of carboxylic acid groups (broad SMARTS) is 1. The molecule has 0 unspecified atom stereocenters. The van der Waals surface area contributed by atoms with Crippen molar-refractivity contribution >= 4 is 29.2 Å². The van der Waals surface area contributed by atoms with Crippen molar-refractivity contribution < 1.29 is 19.4 Å². The zero-order chi connectivity index (χ0) is 17.5. The molecule has 0 aliphatic heterocycles. The second-order valence-electron chi connectivity index (χ2n) is 4.89. The average Bonchev–Trinajstić information content (AvgIpc) is 2.57. The number of rotatable bonds is 7. The lowest BCUT2D eigenvalue weighted by Crippen LogP contribution is -2.12. The quantitative estimate of drug-likeness (QED) is 0.586. The maximum absolute atomic E-state index is 12.1. The molecular formula is C18H16ClNO4. The fraction of sp³-hybridized carbons (Fsp3) is 0.111. The molecule has 0 saturated heterocycles. The molecule has 0 heterocycles. The molecule has 0 aliphatic carbocycles. The number of anilines is 1. The van der Waals surface area contributed by atoms with E-state index in [1.807, 2.05) is 0 Å². The number of halogens is 1. The normalized spacial score (nSPS) is 10.0. The van der Waals surface area contributed by atoms with E-state index in [2.05, 4.69) is 11.9 Å². The Morgan fingerprint density at radius 1 is 1.21 bits per heavy atom. The SMILES string of the molecule is C=CCOC(=O)c1ccccc1CNc1cc(Cl)ccc1C(=O)O. The number of esters is 1. The molecule has 0 bridgehead atoms. The molecule has 0 aromatic heterocycles. The average molecular weight is 346 g/mol. The fourth-order valence-corrected chi connectivity index (χ4v) is 2.30. The van der Waals surface area contributed by atoms with Crippen LogP contribution in [0.4, 0.5) is 5.69 Å². The molecule has 2 N–H and O–H groups in total. The standard InChI is InChI=1S/C18H16ClNO4/c1-2-9-24-18(23)14-6-4-3-5-12(14)11-20-16-10-13(19)7-8-15(16)17(21)22/h2-8,10,20H,1,9,11H2,(H,21,22). The van der Waals surface area contributed by atoms with Gasteiger partial charge in [-0.1, -0.05) is 42.5 Å². The van der Waals surface area contributed by atoms with Crippen LogP contribution in [0.15, 0.2) is 55.1 Å². The monoisotopic (exact) mass is 345 g/mol. The minimum absolute atomic E-state index is 0.103. The Balaban J connectivity index is 2.21. The third-order valence-corrected chi connectivity index (χ3v) is 3.49. The predicted molar refractivity (Wildman–Crippen MR) is 92.7 cm³/mol. The third-order valence-electron chi connectivity index (χ3n) is 3.25. The van der Waals surface area contributed by atoms with Crippen molar-refractivity contribution in [2.45, 2.75) is 6.54 Å². The minimum Gasteiger partial charge on any atom is -0.478 e. The second kappa shape index (κ2) is 8.17. The highest BCUT2D eigenvalue weighted by atomic mass is 35.5. The molecule has 5 nitrogen and oxygen atoms in total. The molecule has 0 saturated carbocycles. The zero-order valence-corrected chi connectivity index (χ0v) is 13.5. The third kappa shape index (κ3) is 4.36. The number of carboxylic acids is 1. The predicted octanol–water partition coefficient (Wildman–Crippen LogP) is 3.99. The van der Waals surface area contributed by atoms with Crippen molar-refractivity contribution in [1.29, 1.82) is 0 Å².